The predicted molar refractivity (Wildman–Crippen MR) is 79.3 cm³/mol. The van der Waals surface area contributed by atoms with Gasteiger partial charge in [-0.05, 0) is 43.4 Å². The highest BCUT2D eigenvalue weighted by Gasteiger charge is 2.09. The molecule has 0 aromatic heterocycles. The molecule has 0 aliphatic carbocycles. The lowest BCUT2D eigenvalue weighted by molar-refractivity contribution is 0.176. The van der Waals surface area contributed by atoms with E-state index >= 15 is 0 Å². The Balaban J connectivity index is 2.52. The van der Waals surface area contributed by atoms with Gasteiger partial charge in [0.25, 0.3) is 0 Å². The van der Waals surface area contributed by atoms with Crippen molar-refractivity contribution >= 4 is 0 Å². The monoisotopic (exact) mass is 248 g/mol. The Hall–Kier alpha value is -0.980. The van der Waals surface area contributed by atoms with Crippen molar-refractivity contribution < 1.29 is 4.74 Å². The molecule has 1 nitrogen and oxygen atoms in total. The molecule has 1 atom stereocenters. The summed E-state index contributed by atoms with van der Waals surface area (Å²) >= 11 is 0. The Bertz CT molecular complexity index is 319. The first-order chi connectivity index (χ1) is 8.80. The van der Waals surface area contributed by atoms with Gasteiger partial charge in [-0.3, -0.25) is 0 Å². The van der Waals surface area contributed by atoms with Gasteiger partial charge in [0.1, 0.15) is 5.75 Å². The van der Waals surface area contributed by atoms with Crippen LogP contribution in [0.4, 0.5) is 0 Å². The average molecular weight is 248 g/mol. The van der Waals surface area contributed by atoms with Crippen LogP contribution in [0.15, 0.2) is 24.3 Å². The molecule has 0 spiro atoms. The minimum Gasteiger partial charge on any atom is -0.490 e. The fourth-order valence-corrected chi connectivity index (χ4v) is 2.24. The number of benzene rings is 1. The summed E-state index contributed by atoms with van der Waals surface area (Å²) in [4.78, 5) is 0. The summed E-state index contributed by atoms with van der Waals surface area (Å²) in [6.07, 6.45) is 8.92. The third-order valence-electron chi connectivity index (χ3n) is 3.35. The van der Waals surface area contributed by atoms with Crippen LogP contribution in [0, 0.1) is 0 Å². The van der Waals surface area contributed by atoms with Crippen LogP contribution < -0.4 is 4.74 Å². The maximum absolute atomic E-state index is 6.14. The number of hydrogen-bond donors (Lipinski definition) is 0. The third-order valence-corrected chi connectivity index (χ3v) is 3.35. The Morgan fingerprint density at radius 1 is 1.00 bits per heavy atom. The lowest BCUT2D eigenvalue weighted by Gasteiger charge is -2.19. The van der Waals surface area contributed by atoms with Crippen LogP contribution in [0.3, 0.4) is 0 Å². The Labute approximate surface area is 113 Å². The normalized spacial score (nSPS) is 12.4. The van der Waals surface area contributed by atoms with Gasteiger partial charge in [0.2, 0.25) is 0 Å². The molecule has 1 aromatic rings. The van der Waals surface area contributed by atoms with Crippen molar-refractivity contribution in [3.8, 4) is 5.75 Å². The van der Waals surface area contributed by atoms with Crippen LogP contribution in [0.1, 0.15) is 64.9 Å². The summed E-state index contributed by atoms with van der Waals surface area (Å²) in [6.45, 7) is 6.67. The number of aryl methyl sites for hydroxylation is 1. The molecule has 1 aromatic carbocycles. The van der Waals surface area contributed by atoms with Crippen LogP contribution in [0.2, 0.25) is 0 Å². The van der Waals surface area contributed by atoms with E-state index in [-0.39, 0.29) is 0 Å². The van der Waals surface area contributed by atoms with Crippen LogP contribution in [-0.2, 0) is 6.42 Å². The number of hydrogen-bond acceptors (Lipinski definition) is 1. The minimum atomic E-state index is 0.397. The number of unbranched alkanes of at least 4 members (excludes halogenated alkanes) is 2. The van der Waals surface area contributed by atoms with Crippen molar-refractivity contribution in [1.29, 1.82) is 0 Å². The fraction of sp³-hybridized carbons (Fsp3) is 0.647. The van der Waals surface area contributed by atoms with E-state index in [2.05, 4.69) is 45.0 Å². The zero-order valence-electron chi connectivity index (χ0n) is 12.2. The van der Waals surface area contributed by atoms with Crippen LogP contribution in [0.25, 0.3) is 0 Å². The maximum atomic E-state index is 6.14. The highest BCUT2D eigenvalue weighted by Crippen LogP contribution is 2.19. The lowest BCUT2D eigenvalue weighted by Crippen LogP contribution is -2.16. The van der Waals surface area contributed by atoms with E-state index in [4.69, 9.17) is 4.74 Å². The van der Waals surface area contributed by atoms with Crippen molar-refractivity contribution in [2.45, 2.75) is 71.8 Å². The molecule has 18 heavy (non-hydrogen) atoms. The summed E-state index contributed by atoms with van der Waals surface area (Å²) in [5, 5.41) is 0. The van der Waals surface area contributed by atoms with E-state index in [0.29, 0.717) is 6.10 Å². The standard InChI is InChI=1S/C17H28O/c1-4-7-8-12-16(10-5-2)18-17-13-9-11-15(6-3)14-17/h9,11,13-14,16H,4-8,10,12H2,1-3H3. The predicted octanol–water partition coefficient (Wildman–Crippen LogP) is 5.38. The second kappa shape index (κ2) is 9.02. The van der Waals surface area contributed by atoms with E-state index in [9.17, 15) is 0 Å². The molecule has 0 aliphatic heterocycles. The molecule has 0 radical (unpaired) electrons. The molecule has 1 unspecified atom stereocenters. The van der Waals surface area contributed by atoms with Crippen molar-refractivity contribution in [2.24, 2.45) is 0 Å². The summed E-state index contributed by atoms with van der Waals surface area (Å²) in [6, 6.07) is 8.53. The average Bonchev–Trinajstić information content (AvgIpc) is 2.39. The highest BCUT2D eigenvalue weighted by atomic mass is 16.5. The molecule has 0 bridgehead atoms. The molecule has 0 saturated carbocycles. The van der Waals surface area contributed by atoms with E-state index in [1.54, 1.807) is 0 Å². The Morgan fingerprint density at radius 2 is 1.83 bits per heavy atom. The number of rotatable bonds is 9. The molecular weight excluding hydrogens is 220 g/mol. The van der Waals surface area contributed by atoms with Gasteiger partial charge in [0, 0.05) is 0 Å². The second-order valence-corrected chi connectivity index (χ2v) is 5.03. The molecule has 1 heteroatoms. The summed E-state index contributed by atoms with van der Waals surface area (Å²) in [5.74, 6) is 1.05. The van der Waals surface area contributed by atoms with Crippen molar-refractivity contribution in [3.63, 3.8) is 0 Å². The first-order valence-electron chi connectivity index (χ1n) is 7.55. The molecule has 0 heterocycles. The summed E-state index contributed by atoms with van der Waals surface area (Å²) in [7, 11) is 0. The van der Waals surface area contributed by atoms with Crippen LogP contribution >= 0.6 is 0 Å². The van der Waals surface area contributed by atoms with Gasteiger partial charge < -0.3 is 4.74 Å². The molecule has 0 saturated heterocycles. The smallest absolute Gasteiger partial charge is 0.119 e. The molecule has 0 aliphatic rings. The molecule has 0 N–H and O–H groups in total. The van der Waals surface area contributed by atoms with Crippen molar-refractivity contribution in [1.82, 2.24) is 0 Å². The van der Waals surface area contributed by atoms with Gasteiger partial charge in [-0.2, -0.15) is 0 Å². The van der Waals surface area contributed by atoms with Crippen molar-refractivity contribution in [2.75, 3.05) is 0 Å². The first kappa shape index (κ1) is 15.1. The molecule has 102 valence electrons. The number of ether oxygens (including phenoxy) is 1. The first-order valence-corrected chi connectivity index (χ1v) is 7.55. The lowest BCUT2D eigenvalue weighted by atomic mass is 10.1. The topological polar surface area (TPSA) is 9.23 Å². The molecular formula is C17H28O. The highest BCUT2D eigenvalue weighted by molar-refractivity contribution is 5.28. The molecule has 0 amide bonds. The zero-order chi connectivity index (χ0) is 13.2. The molecule has 0 fully saturated rings. The van der Waals surface area contributed by atoms with E-state index in [0.717, 1.165) is 12.2 Å². The zero-order valence-corrected chi connectivity index (χ0v) is 12.2. The third kappa shape index (κ3) is 5.57. The largest absolute Gasteiger partial charge is 0.490 e. The SMILES string of the molecule is CCCCCC(CCC)Oc1cccc(CC)c1. The Kier molecular flexibility index (Phi) is 7.55. The summed E-state index contributed by atoms with van der Waals surface area (Å²) < 4.78 is 6.14. The van der Waals surface area contributed by atoms with E-state index < -0.39 is 0 Å². The quantitative estimate of drug-likeness (QED) is 0.533. The van der Waals surface area contributed by atoms with E-state index in [1.807, 2.05) is 0 Å². The van der Waals surface area contributed by atoms with Gasteiger partial charge in [0.15, 0.2) is 0 Å². The second-order valence-electron chi connectivity index (χ2n) is 5.03. The fourth-order valence-electron chi connectivity index (χ4n) is 2.24. The van der Waals surface area contributed by atoms with Gasteiger partial charge in [-0.25, -0.2) is 0 Å². The van der Waals surface area contributed by atoms with Crippen molar-refractivity contribution in [3.05, 3.63) is 29.8 Å². The van der Waals surface area contributed by atoms with Crippen LogP contribution in [-0.4, -0.2) is 6.10 Å². The van der Waals surface area contributed by atoms with Gasteiger partial charge in [-0.1, -0.05) is 52.2 Å². The van der Waals surface area contributed by atoms with E-state index in [1.165, 1.54) is 44.1 Å². The van der Waals surface area contributed by atoms with Gasteiger partial charge in [-0.15, -0.1) is 0 Å². The summed E-state index contributed by atoms with van der Waals surface area (Å²) in [5.41, 5.74) is 1.36. The van der Waals surface area contributed by atoms with Crippen LogP contribution in [0.5, 0.6) is 5.75 Å². The van der Waals surface area contributed by atoms with Gasteiger partial charge >= 0.3 is 0 Å². The minimum absolute atomic E-state index is 0.397. The molecule has 1 rings (SSSR count). The maximum Gasteiger partial charge on any atom is 0.119 e. The van der Waals surface area contributed by atoms with Gasteiger partial charge in [0.05, 0.1) is 6.10 Å². The Morgan fingerprint density at radius 3 is 2.50 bits per heavy atom.